The van der Waals surface area contributed by atoms with Gasteiger partial charge in [0.2, 0.25) is 5.91 Å². The third-order valence-electron chi connectivity index (χ3n) is 1.84. The molecule has 0 saturated carbocycles. The van der Waals surface area contributed by atoms with Crippen LogP contribution in [-0.4, -0.2) is 16.7 Å². The fourth-order valence-electron chi connectivity index (χ4n) is 1.25. The van der Waals surface area contributed by atoms with Gasteiger partial charge in [-0.2, -0.15) is 0 Å². The molecule has 0 bridgehead atoms. The predicted octanol–water partition coefficient (Wildman–Crippen LogP) is 1.91. The molecule has 0 aliphatic carbocycles. The third kappa shape index (κ3) is 4.31. The molecule has 0 aromatic heterocycles. The molecule has 0 radical (unpaired) electrons. The fraction of sp³-hybridized carbons (Fsp3) is 0.417. The van der Waals surface area contributed by atoms with Crippen LogP contribution in [0.5, 0.6) is 5.75 Å². The topological polar surface area (TPSA) is 58.6 Å². The SMILES string of the molecule is CC(C)(C)Oc1ccc(CC(=O)NO)cc1. The highest BCUT2D eigenvalue weighted by atomic mass is 16.5. The number of ether oxygens (including phenoxy) is 1. The molecule has 16 heavy (non-hydrogen) atoms. The van der Waals surface area contributed by atoms with Crippen molar-refractivity contribution in [2.75, 3.05) is 0 Å². The minimum Gasteiger partial charge on any atom is -0.488 e. The third-order valence-corrected chi connectivity index (χ3v) is 1.84. The maximum Gasteiger partial charge on any atom is 0.247 e. The van der Waals surface area contributed by atoms with Gasteiger partial charge in [-0.3, -0.25) is 10.0 Å². The molecular weight excluding hydrogens is 206 g/mol. The quantitative estimate of drug-likeness (QED) is 0.608. The lowest BCUT2D eigenvalue weighted by atomic mass is 10.1. The fourth-order valence-corrected chi connectivity index (χ4v) is 1.25. The normalized spacial score (nSPS) is 11.0. The van der Waals surface area contributed by atoms with Crippen molar-refractivity contribution < 1.29 is 14.7 Å². The summed E-state index contributed by atoms with van der Waals surface area (Å²) in [6.07, 6.45) is 0.159. The molecule has 1 rings (SSSR count). The van der Waals surface area contributed by atoms with Gasteiger partial charge < -0.3 is 4.74 Å². The van der Waals surface area contributed by atoms with E-state index < -0.39 is 5.91 Å². The first kappa shape index (κ1) is 12.5. The van der Waals surface area contributed by atoms with Crippen LogP contribution in [-0.2, 0) is 11.2 Å². The lowest BCUT2D eigenvalue weighted by molar-refractivity contribution is -0.128. The van der Waals surface area contributed by atoms with Gasteiger partial charge in [0.25, 0.3) is 0 Å². The Kier molecular flexibility index (Phi) is 3.90. The van der Waals surface area contributed by atoms with Crippen LogP contribution in [0.4, 0.5) is 0 Å². The second-order valence-corrected chi connectivity index (χ2v) is 4.57. The smallest absolute Gasteiger partial charge is 0.247 e. The number of carbonyl (C=O) groups excluding carboxylic acids is 1. The molecule has 0 atom stereocenters. The molecule has 0 aliphatic rings. The standard InChI is InChI=1S/C12H17NO3/c1-12(2,3)16-10-6-4-9(5-7-10)8-11(14)13-15/h4-7,15H,8H2,1-3H3,(H,13,14). The maximum atomic E-state index is 10.9. The van der Waals surface area contributed by atoms with Crippen LogP contribution in [0.15, 0.2) is 24.3 Å². The molecule has 0 heterocycles. The van der Waals surface area contributed by atoms with Gasteiger partial charge in [-0.1, -0.05) is 12.1 Å². The van der Waals surface area contributed by atoms with Crippen LogP contribution in [0.1, 0.15) is 26.3 Å². The van der Waals surface area contributed by atoms with Gasteiger partial charge in [0.15, 0.2) is 0 Å². The number of benzene rings is 1. The Hall–Kier alpha value is -1.55. The summed E-state index contributed by atoms with van der Waals surface area (Å²) in [4.78, 5) is 10.9. The molecule has 1 aromatic rings. The number of hydrogen-bond acceptors (Lipinski definition) is 3. The average molecular weight is 223 g/mol. The van der Waals surface area contributed by atoms with Crippen molar-refractivity contribution in [2.45, 2.75) is 32.8 Å². The largest absolute Gasteiger partial charge is 0.488 e. The zero-order valence-electron chi connectivity index (χ0n) is 9.78. The van der Waals surface area contributed by atoms with Crippen molar-refractivity contribution in [1.82, 2.24) is 5.48 Å². The Morgan fingerprint density at radius 3 is 2.31 bits per heavy atom. The predicted molar refractivity (Wildman–Crippen MR) is 60.5 cm³/mol. The number of nitrogens with one attached hydrogen (secondary N) is 1. The Morgan fingerprint density at radius 1 is 1.31 bits per heavy atom. The van der Waals surface area contributed by atoms with Gasteiger partial charge in [-0.15, -0.1) is 0 Å². The number of amides is 1. The van der Waals surface area contributed by atoms with E-state index in [9.17, 15) is 4.79 Å². The minimum atomic E-state index is -0.426. The Balaban J connectivity index is 2.64. The maximum absolute atomic E-state index is 10.9. The summed E-state index contributed by atoms with van der Waals surface area (Å²) >= 11 is 0. The van der Waals surface area contributed by atoms with Gasteiger partial charge in [-0.25, -0.2) is 5.48 Å². The summed E-state index contributed by atoms with van der Waals surface area (Å²) in [6, 6.07) is 7.23. The monoisotopic (exact) mass is 223 g/mol. The van der Waals surface area contributed by atoms with E-state index in [2.05, 4.69) is 0 Å². The lowest BCUT2D eigenvalue weighted by Gasteiger charge is -2.21. The summed E-state index contributed by atoms with van der Waals surface area (Å²) in [6.45, 7) is 5.92. The van der Waals surface area contributed by atoms with Crippen LogP contribution in [0.3, 0.4) is 0 Å². The zero-order valence-corrected chi connectivity index (χ0v) is 9.78. The molecule has 0 unspecified atom stereocenters. The first-order valence-electron chi connectivity index (χ1n) is 5.11. The van der Waals surface area contributed by atoms with E-state index in [0.29, 0.717) is 0 Å². The van der Waals surface area contributed by atoms with Crippen molar-refractivity contribution >= 4 is 5.91 Å². The number of hydrogen-bond donors (Lipinski definition) is 2. The second kappa shape index (κ2) is 4.99. The molecule has 1 aromatic carbocycles. The zero-order chi connectivity index (χ0) is 12.2. The molecule has 4 heteroatoms. The summed E-state index contributed by atoms with van der Waals surface area (Å²) in [5.41, 5.74) is 2.19. The highest BCUT2D eigenvalue weighted by molar-refractivity contribution is 5.77. The second-order valence-electron chi connectivity index (χ2n) is 4.57. The summed E-state index contributed by atoms with van der Waals surface area (Å²) < 4.78 is 5.64. The molecule has 4 nitrogen and oxygen atoms in total. The lowest BCUT2D eigenvalue weighted by Crippen LogP contribution is -2.23. The van der Waals surface area contributed by atoms with E-state index >= 15 is 0 Å². The number of rotatable bonds is 3. The molecule has 2 N–H and O–H groups in total. The van der Waals surface area contributed by atoms with E-state index in [0.717, 1.165) is 11.3 Å². The molecule has 0 saturated heterocycles. The van der Waals surface area contributed by atoms with Crippen LogP contribution in [0.25, 0.3) is 0 Å². The van der Waals surface area contributed by atoms with Crippen molar-refractivity contribution in [3.8, 4) is 5.75 Å². The summed E-state index contributed by atoms with van der Waals surface area (Å²) in [5, 5.41) is 8.38. The highest BCUT2D eigenvalue weighted by Gasteiger charge is 2.11. The van der Waals surface area contributed by atoms with Crippen LogP contribution >= 0.6 is 0 Å². The molecule has 88 valence electrons. The molecule has 1 amide bonds. The van der Waals surface area contributed by atoms with Crippen molar-refractivity contribution in [2.24, 2.45) is 0 Å². The van der Waals surface area contributed by atoms with E-state index in [4.69, 9.17) is 9.94 Å². The van der Waals surface area contributed by atoms with E-state index in [1.54, 1.807) is 17.6 Å². The minimum absolute atomic E-state index is 0.159. The highest BCUT2D eigenvalue weighted by Crippen LogP contribution is 2.18. The van der Waals surface area contributed by atoms with Gasteiger partial charge >= 0.3 is 0 Å². The van der Waals surface area contributed by atoms with Crippen molar-refractivity contribution in [3.63, 3.8) is 0 Å². The molecule has 0 spiro atoms. The van der Waals surface area contributed by atoms with Gasteiger partial charge in [0, 0.05) is 0 Å². The Morgan fingerprint density at radius 2 is 1.88 bits per heavy atom. The molecular formula is C12H17NO3. The van der Waals surface area contributed by atoms with E-state index in [1.165, 1.54) is 0 Å². The molecule has 0 fully saturated rings. The van der Waals surface area contributed by atoms with Crippen molar-refractivity contribution in [3.05, 3.63) is 29.8 Å². The van der Waals surface area contributed by atoms with Crippen LogP contribution in [0.2, 0.25) is 0 Å². The van der Waals surface area contributed by atoms with Crippen molar-refractivity contribution in [1.29, 1.82) is 0 Å². The summed E-state index contributed by atoms with van der Waals surface area (Å²) in [5.74, 6) is 0.338. The van der Waals surface area contributed by atoms with E-state index in [-0.39, 0.29) is 12.0 Å². The van der Waals surface area contributed by atoms with Gasteiger partial charge in [0.1, 0.15) is 11.4 Å². The molecule has 0 aliphatic heterocycles. The first-order valence-corrected chi connectivity index (χ1v) is 5.11. The van der Waals surface area contributed by atoms with E-state index in [1.807, 2.05) is 32.9 Å². The van der Waals surface area contributed by atoms with Gasteiger partial charge in [-0.05, 0) is 38.5 Å². The van der Waals surface area contributed by atoms with Crippen LogP contribution < -0.4 is 10.2 Å². The van der Waals surface area contributed by atoms with Gasteiger partial charge in [0.05, 0.1) is 6.42 Å². The number of hydroxylamine groups is 1. The Bertz CT molecular complexity index is 352. The number of carbonyl (C=O) groups is 1. The summed E-state index contributed by atoms with van der Waals surface area (Å²) in [7, 11) is 0. The van der Waals surface area contributed by atoms with Crippen LogP contribution in [0, 0.1) is 0 Å². The first-order chi connectivity index (χ1) is 7.40. The average Bonchev–Trinajstić information content (AvgIpc) is 2.18. The Labute approximate surface area is 95.2 Å².